The molecule has 100 valence electrons. The predicted molar refractivity (Wildman–Crippen MR) is 73.5 cm³/mol. The number of halogens is 2. The molecule has 0 radical (unpaired) electrons. The van der Waals surface area contributed by atoms with Crippen molar-refractivity contribution in [1.82, 2.24) is 0 Å². The lowest BCUT2D eigenvalue weighted by molar-refractivity contribution is -0.118. The molecule has 0 aliphatic carbocycles. The van der Waals surface area contributed by atoms with Gasteiger partial charge in [-0.25, -0.2) is 4.39 Å². The molecule has 1 rings (SSSR count). The highest BCUT2D eigenvalue weighted by molar-refractivity contribution is 6.31. The summed E-state index contributed by atoms with van der Waals surface area (Å²) < 4.78 is 12.8. The van der Waals surface area contributed by atoms with Crippen LogP contribution >= 0.6 is 11.6 Å². The van der Waals surface area contributed by atoms with E-state index in [-0.39, 0.29) is 11.6 Å². The van der Waals surface area contributed by atoms with Crippen molar-refractivity contribution in [1.29, 1.82) is 0 Å². The number of carbonyl (C=O) groups is 1. The number of rotatable bonds is 8. The Bertz CT molecular complexity index is 390. The highest BCUT2D eigenvalue weighted by Crippen LogP contribution is 2.18. The maximum atomic E-state index is 12.8. The monoisotopic (exact) mass is 270 g/mol. The highest BCUT2D eigenvalue weighted by atomic mass is 35.5. The van der Waals surface area contributed by atoms with E-state index in [0.717, 1.165) is 18.4 Å². The minimum Gasteiger partial charge on any atom is -0.299 e. The summed E-state index contributed by atoms with van der Waals surface area (Å²) in [6.07, 6.45) is 6.59. The maximum absolute atomic E-state index is 12.8. The van der Waals surface area contributed by atoms with Gasteiger partial charge in [-0.1, -0.05) is 50.3 Å². The number of benzene rings is 1. The lowest BCUT2D eigenvalue weighted by Gasteiger charge is -2.04. The molecule has 3 heteroatoms. The van der Waals surface area contributed by atoms with Gasteiger partial charge in [0.2, 0.25) is 0 Å². The van der Waals surface area contributed by atoms with E-state index in [2.05, 4.69) is 6.92 Å². The van der Waals surface area contributed by atoms with E-state index < -0.39 is 0 Å². The third-order valence-electron chi connectivity index (χ3n) is 2.96. The quantitative estimate of drug-likeness (QED) is 0.611. The SMILES string of the molecule is CCCCCCCC(=O)Cc1ccc(F)cc1Cl. The van der Waals surface area contributed by atoms with Crippen LogP contribution in [0.4, 0.5) is 4.39 Å². The molecule has 0 fully saturated rings. The molecule has 0 saturated heterocycles. The zero-order valence-electron chi connectivity index (χ0n) is 10.8. The molecule has 0 aliphatic heterocycles. The first-order valence-electron chi connectivity index (χ1n) is 6.59. The summed E-state index contributed by atoms with van der Waals surface area (Å²) in [7, 11) is 0. The third kappa shape index (κ3) is 5.63. The number of hydrogen-bond donors (Lipinski definition) is 0. The van der Waals surface area contributed by atoms with Crippen molar-refractivity contribution >= 4 is 17.4 Å². The second-order valence-corrected chi connectivity index (χ2v) is 5.02. The van der Waals surface area contributed by atoms with Crippen LogP contribution in [0, 0.1) is 5.82 Å². The van der Waals surface area contributed by atoms with Gasteiger partial charge in [-0.05, 0) is 24.1 Å². The molecule has 0 amide bonds. The molecular formula is C15H20ClFO. The van der Waals surface area contributed by atoms with Gasteiger partial charge in [-0.3, -0.25) is 4.79 Å². The largest absolute Gasteiger partial charge is 0.299 e. The molecule has 0 bridgehead atoms. The van der Waals surface area contributed by atoms with Crippen LogP contribution in [0.2, 0.25) is 5.02 Å². The van der Waals surface area contributed by atoms with Gasteiger partial charge in [0.15, 0.2) is 0 Å². The molecule has 1 nitrogen and oxygen atoms in total. The molecule has 0 aromatic heterocycles. The van der Waals surface area contributed by atoms with Gasteiger partial charge in [0.1, 0.15) is 11.6 Å². The Kier molecular flexibility index (Phi) is 6.96. The summed E-state index contributed by atoms with van der Waals surface area (Å²) in [6, 6.07) is 4.19. The van der Waals surface area contributed by atoms with Gasteiger partial charge in [-0.2, -0.15) is 0 Å². The van der Waals surface area contributed by atoms with E-state index in [1.165, 1.54) is 31.4 Å². The molecule has 1 aromatic carbocycles. The van der Waals surface area contributed by atoms with Gasteiger partial charge in [0.25, 0.3) is 0 Å². The molecule has 0 heterocycles. The summed E-state index contributed by atoms with van der Waals surface area (Å²) >= 11 is 5.88. The number of carbonyl (C=O) groups excluding carboxylic acids is 1. The molecule has 1 aromatic rings. The number of unbranched alkanes of at least 4 members (excludes halogenated alkanes) is 4. The van der Waals surface area contributed by atoms with Gasteiger partial charge < -0.3 is 0 Å². The predicted octanol–water partition coefficient (Wildman–Crippen LogP) is 4.95. The standard InChI is InChI=1S/C15H20ClFO/c1-2-3-4-5-6-7-14(18)10-12-8-9-13(17)11-15(12)16/h8-9,11H,2-7,10H2,1H3. The molecular weight excluding hydrogens is 251 g/mol. The maximum Gasteiger partial charge on any atom is 0.137 e. The Labute approximate surface area is 113 Å². The minimum absolute atomic E-state index is 0.181. The second-order valence-electron chi connectivity index (χ2n) is 4.62. The lowest BCUT2D eigenvalue weighted by atomic mass is 10.0. The van der Waals surface area contributed by atoms with Crippen molar-refractivity contribution in [3.05, 3.63) is 34.6 Å². The van der Waals surface area contributed by atoms with Crippen LogP contribution in [0.25, 0.3) is 0 Å². The van der Waals surface area contributed by atoms with Crippen molar-refractivity contribution in [2.45, 2.75) is 51.9 Å². The van der Waals surface area contributed by atoms with Crippen molar-refractivity contribution in [3.8, 4) is 0 Å². The van der Waals surface area contributed by atoms with Gasteiger partial charge >= 0.3 is 0 Å². The second kappa shape index (κ2) is 8.25. The molecule has 0 saturated carbocycles. The van der Waals surface area contributed by atoms with E-state index in [9.17, 15) is 9.18 Å². The van der Waals surface area contributed by atoms with Crippen LogP contribution < -0.4 is 0 Å². The van der Waals surface area contributed by atoms with Crippen molar-refractivity contribution in [3.63, 3.8) is 0 Å². The van der Waals surface area contributed by atoms with Crippen LogP contribution in [0.15, 0.2) is 18.2 Å². The summed E-state index contributed by atoms with van der Waals surface area (Å²) in [5.74, 6) is -0.184. The van der Waals surface area contributed by atoms with Crippen molar-refractivity contribution < 1.29 is 9.18 Å². The van der Waals surface area contributed by atoms with Crippen LogP contribution in [-0.4, -0.2) is 5.78 Å². The zero-order valence-corrected chi connectivity index (χ0v) is 11.6. The zero-order chi connectivity index (χ0) is 13.4. The third-order valence-corrected chi connectivity index (χ3v) is 3.31. The van der Waals surface area contributed by atoms with E-state index in [1.54, 1.807) is 6.07 Å². The molecule has 18 heavy (non-hydrogen) atoms. The van der Waals surface area contributed by atoms with Crippen LogP contribution in [0.3, 0.4) is 0 Å². The molecule has 0 atom stereocenters. The summed E-state index contributed by atoms with van der Waals surface area (Å²) in [6.45, 7) is 2.17. The van der Waals surface area contributed by atoms with Crippen LogP contribution in [0.1, 0.15) is 51.0 Å². The number of ketones is 1. The van der Waals surface area contributed by atoms with Crippen molar-refractivity contribution in [2.24, 2.45) is 0 Å². The first kappa shape index (κ1) is 15.2. The Morgan fingerprint density at radius 3 is 2.61 bits per heavy atom. The topological polar surface area (TPSA) is 17.1 Å². The summed E-state index contributed by atoms with van der Waals surface area (Å²) in [4.78, 5) is 11.7. The number of hydrogen-bond acceptors (Lipinski definition) is 1. The van der Waals surface area contributed by atoms with Gasteiger partial charge in [0, 0.05) is 17.9 Å². The Balaban J connectivity index is 2.31. The fourth-order valence-corrected chi connectivity index (χ4v) is 2.13. The van der Waals surface area contributed by atoms with E-state index in [1.807, 2.05) is 0 Å². The first-order valence-corrected chi connectivity index (χ1v) is 6.97. The van der Waals surface area contributed by atoms with Crippen LogP contribution in [0.5, 0.6) is 0 Å². The summed E-state index contributed by atoms with van der Waals surface area (Å²) in [5.41, 5.74) is 0.719. The van der Waals surface area contributed by atoms with E-state index >= 15 is 0 Å². The molecule has 0 unspecified atom stereocenters. The van der Waals surface area contributed by atoms with E-state index in [0.29, 0.717) is 17.9 Å². The van der Waals surface area contributed by atoms with Gasteiger partial charge in [-0.15, -0.1) is 0 Å². The smallest absolute Gasteiger partial charge is 0.137 e. The minimum atomic E-state index is -0.365. The average molecular weight is 271 g/mol. The normalized spacial score (nSPS) is 10.6. The molecule has 0 N–H and O–H groups in total. The molecule has 0 spiro atoms. The Morgan fingerprint density at radius 2 is 1.94 bits per heavy atom. The van der Waals surface area contributed by atoms with E-state index in [4.69, 9.17) is 11.6 Å². The van der Waals surface area contributed by atoms with Crippen molar-refractivity contribution in [2.75, 3.05) is 0 Å². The summed E-state index contributed by atoms with van der Waals surface area (Å²) in [5, 5.41) is 0.342. The first-order chi connectivity index (χ1) is 8.63. The van der Waals surface area contributed by atoms with Crippen LogP contribution in [-0.2, 0) is 11.2 Å². The Hall–Kier alpha value is -0.890. The lowest BCUT2D eigenvalue weighted by Crippen LogP contribution is -2.03. The molecule has 0 aliphatic rings. The fraction of sp³-hybridized carbons (Fsp3) is 0.533. The number of Topliss-reactive ketones (excluding diaryl/α,β-unsaturated/α-hetero) is 1. The highest BCUT2D eigenvalue weighted by Gasteiger charge is 2.07. The fourth-order valence-electron chi connectivity index (χ4n) is 1.89. The average Bonchev–Trinajstić information content (AvgIpc) is 2.32. The Morgan fingerprint density at radius 1 is 1.22 bits per heavy atom. The van der Waals surface area contributed by atoms with Gasteiger partial charge in [0.05, 0.1) is 0 Å².